The van der Waals surface area contributed by atoms with Crippen LogP contribution >= 0.6 is 0 Å². The molecule has 1 N–H and O–H groups in total. The molecular weight excluding hydrogens is 248 g/mol. The molecule has 2 aliphatic heterocycles. The summed E-state index contributed by atoms with van der Waals surface area (Å²) in [4.78, 5) is 14.5. The lowest BCUT2D eigenvalue weighted by molar-refractivity contribution is -0.139. The molecule has 0 aromatic heterocycles. The van der Waals surface area contributed by atoms with Gasteiger partial charge in [-0.05, 0) is 23.8 Å². The van der Waals surface area contributed by atoms with Crippen LogP contribution in [0.4, 0.5) is 0 Å². The Bertz CT molecular complexity index is 455. The average molecular weight is 272 g/mol. The number of amides is 1. The Hall–Kier alpha value is -1.35. The van der Waals surface area contributed by atoms with Crippen LogP contribution in [0.25, 0.3) is 0 Å². The number of nitrogens with zero attached hydrogens (tertiary/aromatic N) is 1. The van der Waals surface area contributed by atoms with Crippen LogP contribution in [-0.2, 0) is 4.79 Å². The van der Waals surface area contributed by atoms with Gasteiger partial charge in [-0.1, -0.05) is 43.7 Å². The van der Waals surface area contributed by atoms with Crippen molar-refractivity contribution in [2.24, 2.45) is 11.8 Å². The summed E-state index contributed by atoms with van der Waals surface area (Å²) in [6, 6.07) is 10.8. The van der Waals surface area contributed by atoms with Crippen molar-refractivity contribution in [1.82, 2.24) is 10.2 Å². The summed E-state index contributed by atoms with van der Waals surface area (Å²) in [5.41, 5.74) is 1.44. The average Bonchev–Trinajstić information content (AvgIpc) is 2.45. The molecule has 2 saturated heterocycles. The summed E-state index contributed by atoms with van der Waals surface area (Å²) in [7, 11) is 0. The van der Waals surface area contributed by atoms with Crippen LogP contribution in [0.15, 0.2) is 30.3 Å². The third-order valence-corrected chi connectivity index (χ3v) is 4.93. The Morgan fingerprint density at radius 1 is 1.30 bits per heavy atom. The number of nitrogens with one attached hydrogen (secondary N) is 1. The zero-order valence-corrected chi connectivity index (χ0v) is 12.2. The van der Waals surface area contributed by atoms with Crippen molar-refractivity contribution in [2.45, 2.75) is 25.7 Å². The maximum Gasteiger partial charge on any atom is 0.228 e. The van der Waals surface area contributed by atoms with E-state index in [1.54, 1.807) is 0 Å². The van der Waals surface area contributed by atoms with E-state index in [1.807, 2.05) is 0 Å². The van der Waals surface area contributed by atoms with Gasteiger partial charge in [0.05, 0.1) is 5.92 Å². The predicted octanol–water partition coefficient (Wildman–Crippen LogP) is 2.25. The van der Waals surface area contributed by atoms with Crippen molar-refractivity contribution in [3.8, 4) is 0 Å². The van der Waals surface area contributed by atoms with Crippen molar-refractivity contribution in [2.75, 3.05) is 26.2 Å². The van der Waals surface area contributed by atoms with E-state index >= 15 is 0 Å². The van der Waals surface area contributed by atoms with E-state index in [0.29, 0.717) is 17.7 Å². The molecule has 1 aromatic carbocycles. The fraction of sp³-hybridized carbons (Fsp3) is 0.588. The quantitative estimate of drug-likeness (QED) is 0.915. The molecular formula is C17H24N2O. The van der Waals surface area contributed by atoms with E-state index in [0.717, 1.165) is 39.0 Å². The van der Waals surface area contributed by atoms with Gasteiger partial charge in [-0.15, -0.1) is 0 Å². The highest BCUT2D eigenvalue weighted by molar-refractivity contribution is 5.80. The first-order valence-corrected chi connectivity index (χ1v) is 7.84. The highest BCUT2D eigenvalue weighted by Gasteiger charge is 2.35. The highest BCUT2D eigenvalue weighted by atomic mass is 16.2. The molecule has 0 saturated carbocycles. The molecule has 0 spiro atoms. The molecule has 0 radical (unpaired) electrons. The van der Waals surface area contributed by atoms with Gasteiger partial charge in [0.15, 0.2) is 0 Å². The summed E-state index contributed by atoms with van der Waals surface area (Å²) < 4.78 is 0. The Kier molecular flexibility index (Phi) is 4.06. The lowest BCUT2D eigenvalue weighted by Crippen LogP contribution is -2.54. The minimum absolute atomic E-state index is 0.237. The van der Waals surface area contributed by atoms with Crippen LogP contribution in [0.2, 0.25) is 0 Å². The largest absolute Gasteiger partial charge is 0.342 e. The van der Waals surface area contributed by atoms with Crippen LogP contribution in [0, 0.1) is 11.8 Å². The van der Waals surface area contributed by atoms with Crippen molar-refractivity contribution in [3.63, 3.8) is 0 Å². The number of hydrogen-bond acceptors (Lipinski definition) is 2. The summed E-state index contributed by atoms with van der Waals surface area (Å²) in [6.07, 6.45) is 2.25. The van der Waals surface area contributed by atoms with Crippen LogP contribution in [-0.4, -0.2) is 37.0 Å². The number of rotatable bonds is 3. The minimum Gasteiger partial charge on any atom is -0.342 e. The summed E-state index contributed by atoms with van der Waals surface area (Å²) in [5, 5.41) is 3.19. The van der Waals surface area contributed by atoms with Gasteiger partial charge in [-0.25, -0.2) is 0 Å². The first-order valence-electron chi connectivity index (χ1n) is 7.84. The van der Waals surface area contributed by atoms with Crippen LogP contribution in [0.5, 0.6) is 0 Å². The Morgan fingerprint density at radius 3 is 2.65 bits per heavy atom. The summed E-state index contributed by atoms with van der Waals surface area (Å²) in [6.45, 7) is 5.85. The first-order chi connectivity index (χ1) is 9.79. The Labute approximate surface area is 121 Å². The molecule has 1 amide bonds. The lowest BCUT2D eigenvalue weighted by Gasteiger charge is -2.41. The van der Waals surface area contributed by atoms with E-state index < -0.39 is 0 Å². The molecule has 0 aliphatic carbocycles. The van der Waals surface area contributed by atoms with E-state index in [9.17, 15) is 4.79 Å². The molecule has 3 rings (SSSR count). The van der Waals surface area contributed by atoms with Gasteiger partial charge in [0.25, 0.3) is 0 Å². The molecule has 20 heavy (non-hydrogen) atoms. The second kappa shape index (κ2) is 5.96. The third kappa shape index (κ3) is 2.59. The van der Waals surface area contributed by atoms with Gasteiger partial charge in [0.2, 0.25) is 5.91 Å². The highest BCUT2D eigenvalue weighted by Crippen LogP contribution is 2.35. The first kappa shape index (κ1) is 13.6. The molecule has 3 nitrogen and oxygen atoms in total. The summed E-state index contributed by atoms with van der Waals surface area (Å²) >= 11 is 0. The van der Waals surface area contributed by atoms with Gasteiger partial charge in [0, 0.05) is 26.2 Å². The van der Waals surface area contributed by atoms with Crippen LogP contribution < -0.4 is 5.32 Å². The molecule has 2 heterocycles. The number of benzene rings is 1. The molecule has 2 fully saturated rings. The van der Waals surface area contributed by atoms with Gasteiger partial charge in [0.1, 0.15) is 0 Å². The van der Waals surface area contributed by atoms with E-state index in [4.69, 9.17) is 0 Å². The summed E-state index contributed by atoms with van der Waals surface area (Å²) in [5.74, 6) is 1.82. The second-order valence-corrected chi connectivity index (χ2v) is 6.11. The molecule has 3 heteroatoms. The monoisotopic (exact) mass is 272 g/mol. The molecule has 2 aliphatic rings. The molecule has 1 aromatic rings. The zero-order chi connectivity index (χ0) is 13.9. The number of hydrogen-bond donors (Lipinski definition) is 1. The number of carbonyl (C=O) groups excluding carboxylic acids is 1. The molecule has 2 unspecified atom stereocenters. The van der Waals surface area contributed by atoms with E-state index in [1.165, 1.54) is 5.56 Å². The Morgan fingerprint density at radius 2 is 2.05 bits per heavy atom. The predicted molar refractivity (Wildman–Crippen MR) is 80.5 cm³/mol. The van der Waals surface area contributed by atoms with E-state index in [-0.39, 0.29) is 5.92 Å². The molecule has 0 bridgehead atoms. The normalized spacial score (nSPS) is 27.1. The number of carbonyl (C=O) groups is 1. The van der Waals surface area contributed by atoms with E-state index in [2.05, 4.69) is 47.5 Å². The van der Waals surface area contributed by atoms with Crippen LogP contribution in [0.3, 0.4) is 0 Å². The maximum atomic E-state index is 12.4. The number of piperidine rings is 1. The van der Waals surface area contributed by atoms with Gasteiger partial charge in [-0.2, -0.15) is 0 Å². The smallest absolute Gasteiger partial charge is 0.228 e. The molecule has 108 valence electrons. The van der Waals surface area contributed by atoms with Crippen molar-refractivity contribution in [1.29, 1.82) is 0 Å². The van der Waals surface area contributed by atoms with Gasteiger partial charge < -0.3 is 10.2 Å². The maximum absolute atomic E-state index is 12.4. The number of likely N-dealkylation sites (tertiary alicyclic amines) is 1. The van der Waals surface area contributed by atoms with Crippen LogP contribution in [0.1, 0.15) is 31.2 Å². The fourth-order valence-corrected chi connectivity index (χ4v) is 3.51. The van der Waals surface area contributed by atoms with Gasteiger partial charge >= 0.3 is 0 Å². The second-order valence-electron chi connectivity index (χ2n) is 6.11. The van der Waals surface area contributed by atoms with Crippen molar-refractivity contribution in [3.05, 3.63) is 35.9 Å². The fourth-order valence-electron chi connectivity index (χ4n) is 3.51. The van der Waals surface area contributed by atoms with Crippen molar-refractivity contribution >= 4 is 5.91 Å². The van der Waals surface area contributed by atoms with Gasteiger partial charge in [-0.3, -0.25) is 4.79 Å². The lowest BCUT2D eigenvalue weighted by atomic mass is 9.79. The molecule has 2 atom stereocenters. The Balaban J connectivity index is 1.68. The topological polar surface area (TPSA) is 32.3 Å². The third-order valence-electron chi connectivity index (χ3n) is 4.93. The minimum atomic E-state index is 0.237. The standard InChI is InChI=1S/C17H24N2O/c1-2-13-12-19(17(20)15-10-18-11-15)9-8-16(13)14-6-4-3-5-7-14/h3-7,13,15-16,18H,2,8-12H2,1H3. The SMILES string of the molecule is CCC1CN(C(=O)C2CNC2)CCC1c1ccccc1. The zero-order valence-electron chi connectivity index (χ0n) is 12.2. The van der Waals surface area contributed by atoms with Crippen molar-refractivity contribution < 1.29 is 4.79 Å².